The van der Waals surface area contributed by atoms with Crippen LogP contribution in [-0.2, 0) is 6.61 Å². The molecule has 1 fully saturated rings. The standard InChI is InChI=1S/C13H15N5O2/c1-14-13(19)9-3-2-4-11(7-9)20-8-12-15-16-17-18(12)10-5-6-10/h2-4,7,10H,5-6,8H2,1H3,(H,14,19). The summed E-state index contributed by atoms with van der Waals surface area (Å²) < 4.78 is 7.47. The maximum absolute atomic E-state index is 11.5. The number of hydrogen-bond acceptors (Lipinski definition) is 5. The van der Waals surface area contributed by atoms with Gasteiger partial charge in [0, 0.05) is 12.6 Å². The SMILES string of the molecule is CNC(=O)c1cccc(OCc2nnnn2C2CC2)c1. The molecular formula is C13H15N5O2. The van der Waals surface area contributed by atoms with E-state index in [9.17, 15) is 4.79 Å². The van der Waals surface area contributed by atoms with E-state index in [-0.39, 0.29) is 5.91 Å². The lowest BCUT2D eigenvalue weighted by Gasteiger charge is -2.07. The summed E-state index contributed by atoms with van der Waals surface area (Å²) in [6.45, 7) is 0.292. The second kappa shape index (κ2) is 5.28. The van der Waals surface area contributed by atoms with Crippen LogP contribution in [0.15, 0.2) is 24.3 Å². The Morgan fingerprint density at radius 2 is 2.35 bits per heavy atom. The maximum atomic E-state index is 11.5. The predicted molar refractivity (Wildman–Crippen MR) is 70.3 cm³/mol. The van der Waals surface area contributed by atoms with Crippen molar-refractivity contribution in [3.63, 3.8) is 0 Å². The number of carbonyl (C=O) groups excluding carboxylic acids is 1. The Labute approximate surface area is 115 Å². The highest BCUT2D eigenvalue weighted by Gasteiger charge is 2.27. The highest BCUT2D eigenvalue weighted by molar-refractivity contribution is 5.94. The lowest BCUT2D eigenvalue weighted by molar-refractivity contribution is 0.0962. The van der Waals surface area contributed by atoms with Gasteiger partial charge >= 0.3 is 0 Å². The van der Waals surface area contributed by atoms with Gasteiger partial charge in [-0.05, 0) is 41.5 Å². The molecule has 1 aliphatic rings. The third-order valence-corrected chi connectivity index (χ3v) is 3.14. The van der Waals surface area contributed by atoms with Crippen molar-refractivity contribution in [3.05, 3.63) is 35.7 Å². The first-order valence-corrected chi connectivity index (χ1v) is 6.49. The maximum Gasteiger partial charge on any atom is 0.251 e. The minimum Gasteiger partial charge on any atom is -0.486 e. The van der Waals surface area contributed by atoms with Gasteiger partial charge in [-0.25, -0.2) is 4.68 Å². The van der Waals surface area contributed by atoms with Crippen molar-refractivity contribution in [3.8, 4) is 5.75 Å². The molecule has 0 aliphatic heterocycles. The fraction of sp³-hybridized carbons (Fsp3) is 0.385. The van der Waals surface area contributed by atoms with Crippen LogP contribution in [0.5, 0.6) is 5.75 Å². The summed E-state index contributed by atoms with van der Waals surface area (Å²) >= 11 is 0. The van der Waals surface area contributed by atoms with Crippen LogP contribution >= 0.6 is 0 Å². The van der Waals surface area contributed by atoms with Crippen LogP contribution in [0.3, 0.4) is 0 Å². The van der Waals surface area contributed by atoms with Gasteiger partial charge in [-0.3, -0.25) is 4.79 Å². The molecular weight excluding hydrogens is 258 g/mol. The zero-order valence-corrected chi connectivity index (χ0v) is 11.1. The van der Waals surface area contributed by atoms with Gasteiger partial charge in [0.15, 0.2) is 5.82 Å². The van der Waals surface area contributed by atoms with Crippen molar-refractivity contribution in [2.75, 3.05) is 7.05 Å². The normalized spacial score (nSPS) is 14.1. The molecule has 0 saturated heterocycles. The van der Waals surface area contributed by atoms with Gasteiger partial charge in [0.25, 0.3) is 5.91 Å². The number of tetrazole rings is 1. The summed E-state index contributed by atoms with van der Waals surface area (Å²) in [4.78, 5) is 11.5. The molecule has 2 aromatic rings. The number of hydrogen-bond donors (Lipinski definition) is 1. The van der Waals surface area contributed by atoms with Gasteiger partial charge in [-0.2, -0.15) is 0 Å². The lowest BCUT2D eigenvalue weighted by Crippen LogP contribution is -2.17. The van der Waals surface area contributed by atoms with E-state index in [4.69, 9.17) is 4.74 Å². The van der Waals surface area contributed by atoms with Gasteiger partial charge in [0.1, 0.15) is 12.4 Å². The summed E-state index contributed by atoms with van der Waals surface area (Å²) in [6, 6.07) is 7.44. The van der Waals surface area contributed by atoms with Gasteiger partial charge in [0.05, 0.1) is 6.04 Å². The van der Waals surface area contributed by atoms with E-state index in [1.54, 1.807) is 31.3 Å². The van der Waals surface area contributed by atoms with E-state index in [1.807, 2.05) is 4.68 Å². The predicted octanol–water partition coefficient (Wildman–Crippen LogP) is 0.947. The number of carbonyl (C=O) groups is 1. The molecule has 0 unspecified atom stereocenters. The molecule has 1 N–H and O–H groups in total. The highest BCUT2D eigenvalue weighted by Crippen LogP contribution is 2.34. The Morgan fingerprint density at radius 1 is 1.50 bits per heavy atom. The van der Waals surface area contributed by atoms with E-state index in [0.717, 1.165) is 12.8 Å². The Bertz CT molecular complexity index is 621. The Kier molecular flexibility index (Phi) is 3.32. The molecule has 0 atom stereocenters. The average molecular weight is 273 g/mol. The van der Waals surface area contributed by atoms with Crippen LogP contribution in [0, 0.1) is 0 Å². The number of nitrogens with one attached hydrogen (secondary N) is 1. The van der Waals surface area contributed by atoms with Gasteiger partial charge < -0.3 is 10.1 Å². The van der Waals surface area contributed by atoms with Crippen molar-refractivity contribution in [2.45, 2.75) is 25.5 Å². The second-order valence-electron chi connectivity index (χ2n) is 4.67. The monoisotopic (exact) mass is 273 g/mol. The minimum atomic E-state index is -0.140. The molecule has 104 valence electrons. The number of amides is 1. The summed E-state index contributed by atoms with van der Waals surface area (Å²) in [6.07, 6.45) is 2.23. The Morgan fingerprint density at radius 3 is 3.10 bits per heavy atom. The fourth-order valence-electron chi connectivity index (χ4n) is 1.93. The van der Waals surface area contributed by atoms with E-state index in [2.05, 4.69) is 20.8 Å². The highest BCUT2D eigenvalue weighted by atomic mass is 16.5. The summed E-state index contributed by atoms with van der Waals surface area (Å²) in [5.41, 5.74) is 0.562. The van der Waals surface area contributed by atoms with E-state index in [0.29, 0.717) is 29.8 Å². The number of aromatic nitrogens is 4. The molecule has 7 nitrogen and oxygen atoms in total. The van der Waals surface area contributed by atoms with Crippen molar-refractivity contribution in [2.24, 2.45) is 0 Å². The third kappa shape index (κ3) is 2.61. The van der Waals surface area contributed by atoms with Crippen molar-refractivity contribution < 1.29 is 9.53 Å². The first-order chi connectivity index (χ1) is 9.78. The van der Waals surface area contributed by atoms with Crippen LogP contribution in [0.25, 0.3) is 0 Å². The topological polar surface area (TPSA) is 81.9 Å². The minimum absolute atomic E-state index is 0.140. The van der Waals surface area contributed by atoms with Gasteiger partial charge in [0.2, 0.25) is 0 Å². The third-order valence-electron chi connectivity index (χ3n) is 3.14. The number of rotatable bonds is 5. The van der Waals surface area contributed by atoms with E-state index >= 15 is 0 Å². The molecule has 20 heavy (non-hydrogen) atoms. The molecule has 1 saturated carbocycles. The fourth-order valence-corrected chi connectivity index (χ4v) is 1.93. The van der Waals surface area contributed by atoms with E-state index in [1.165, 1.54) is 0 Å². The van der Waals surface area contributed by atoms with Crippen LogP contribution < -0.4 is 10.1 Å². The smallest absolute Gasteiger partial charge is 0.251 e. The molecule has 1 amide bonds. The van der Waals surface area contributed by atoms with E-state index < -0.39 is 0 Å². The number of benzene rings is 1. The number of nitrogens with zero attached hydrogens (tertiary/aromatic N) is 4. The zero-order valence-electron chi connectivity index (χ0n) is 11.1. The van der Waals surface area contributed by atoms with Crippen LogP contribution in [0.2, 0.25) is 0 Å². The van der Waals surface area contributed by atoms with Crippen molar-refractivity contribution in [1.29, 1.82) is 0 Å². The average Bonchev–Trinajstić information content (AvgIpc) is 3.23. The van der Waals surface area contributed by atoms with Crippen LogP contribution in [-0.4, -0.2) is 33.2 Å². The first kappa shape index (κ1) is 12.6. The molecule has 7 heteroatoms. The summed E-state index contributed by atoms with van der Waals surface area (Å²) in [7, 11) is 1.60. The number of ether oxygens (including phenoxy) is 1. The molecule has 0 spiro atoms. The summed E-state index contributed by atoms with van der Waals surface area (Å²) in [5.74, 6) is 1.19. The first-order valence-electron chi connectivity index (χ1n) is 6.49. The Hall–Kier alpha value is -2.44. The van der Waals surface area contributed by atoms with Crippen LogP contribution in [0.4, 0.5) is 0 Å². The quantitative estimate of drug-likeness (QED) is 0.877. The lowest BCUT2D eigenvalue weighted by atomic mass is 10.2. The largest absolute Gasteiger partial charge is 0.486 e. The molecule has 1 heterocycles. The zero-order chi connectivity index (χ0) is 13.9. The van der Waals surface area contributed by atoms with Crippen LogP contribution in [0.1, 0.15) is 35.1 Å². The molecule has 0 radical (unpaired) electrons. The molecule has 1 aliphatic carbocycles. The van der Waals surface area contributed by atoms with Crippen molar-refractivity contribution >= 4 is 5.91 Å². The molecule has 1 aromatic heterocycles. The molecule has 1 aromatic carbocycles. The van der Waals surface area contributed by atoms with Crippen molar-refractivity contribution in [1.82, 2.24) is 25.5 Å². The second-order valence-corrected chi connectivity index (χ2v) is 4.67. The van der Waals surface area contributed by atoms with Gasteiger partial charge in [-0.1, -0.05) is 6.07 Å². The molecule has 0 bridgehead atoms. The van der Waals surface area contributed by atoms with Gasteiger partial charge in [-0.15, -0.1) is 5.10 Å². The summed E-state index contributed by atoms with van der Waals surface area (Å²) in [5, 5.41) is 14.2. The Balaban J connectivity index is 1.68. The molecule has 3 rings (SSSR count).